The number of amides is 2. The van der Waals surface area contributed by atoms with Gasteiger partial charge in [-0.3, -0.25) is 9.36 Å². The molecule has 8 nitrogen and oxygen atoms in total. The number of fused-ring (bicyclic) bond motifs is 1. The number of aromatic amines is 1. The molecule has 1 saturated heterocycles. The Labute approximate surface area is 158 Å². The molecule has 0 bridgehead atoms. The van der Waals surface area contributed by atoms with Gasteiger partial charge in [0.1, 0.15) is 11.6 Å². The van der Waals surface area contributed by atoms with Crippen molar-refractivity contribution >= 4 is 16.9 Å². The number of aromatic nitrogens is 2. The number of benzene rings is 1. The van der Waals surface area contributed by atoms with Crippen LogP contribution in [0.2, 0.25) is 0 Å². The summed E-state index contributed by atoms with van der Waals surface area (Å²) in [5, 5.41) is 2.91. The van der Waals surface area contributed by atoms with Gasteiger partial charge in [-0.25, -0.2) is 14.0 Å². The molecule has 0 saturated carbocycles. The summed E-state index contributed by atoms with van der Waals surface area (Å²) >= 11 is 0. The second kappa shape index (κ2) is 7.34. The smallest absolute Gasteiger partial charge is 0.329 e. The molecule has 4 rings (SSSR count). The first-order chi connectivity index (χ1) is 13.5. The van der Waals surface area contributed by atoms with E-state index in [9.17, 15) is 18.8 Å². The van der Waals surface area contributed by atoms with Gasteiger partial charge in [-0.1, -0.05) is 0 Å². The zero-order valence-corrected chi connectivity index (χ0v) is 15.0. The Morgan fingerprint density at radius 1 is 1.25 bits per heavy atom. The third-order valence-electron chi connectivity index (χ3n) is 5.00. The van der Waals surface area contributed by atoms with Gasteiger partial charge >= 0.3 is 11.7 Å². The minimum atomic E-state index is -0.536. The maximum absolute atomic E-state index is 13.5. The summed E-state index contributed by atoms with van der Waals surface area (Å²) in [6.45, 7) is 1.10. The van der Waals surface area contributed by atoms with Crippen molar-refractivity contribution in [1.29, 1.82) is 0 Å². The fourth-order valence-corrected chi connectivity index (χ4v) is 3.55. The molecule has 0 unspecified atom stereocenters. The van der Waals surface area contributed by atoms with Crippen LogP contribution in [0.1, 0.15) is 24.6 Å². The first-order valence-corrected chi connectivity index (χ1v) is 9.02. The summed E-state index contributed by atoms with van der Waals surface area (Å²) < 4.78 is 19.8. The lowest BCUT2D eigenvalue weighted by atomic mass is 10.0. The molecule has 2 N–H and O–H groups in total. The fraction of sp³-hybridized carbons (Fsp3) is 0.316. The van der Waals surface area contributed by atoms with Crippen molar-refractivity contribution in [1.82, 2.24) is 19.8 Å². The van der Waals surface area contributed by atoms with Crippen molar-refractivity contribution in [3.8, 4) is 0 Å². The third kappa shape index (κ3) is 3.42. The van der Waals surface area contributed by atoms with Gasteiger partial charge in [-0.05, 0) is 43.2 Å². The largest absolute Gasteiger partial charge is 0.467 e. The predicted octanol–water partition coefficient (Wildman–Crippen LogP) is 1.97. The van der Waals surface area contributed by atoms with Crippen LogP contribution in [0, 0.1) is 5.82 Å². The van der Waals surface area contributed by atoms with E-state index in [1.807, 2.05) is 0 Å². The second-order valence-electron chi connectivity index (χ2n) is 6.75. The second-order valence-corrected chi connectivity index (χ2v) is 6.75. The van der Waals surface area contributed by atoms with Crippen molar-refractivity contribution in [2.24, 2.45) is 0 Å². The van der Waals surface area contributed by atoms with E-state index in [1.165, 1.54) is 18.4 Å². The van der Waals surface area contributed by atoms with E-state index in [-0.39, 0.29) is 17.5 Å². The number of hydrogen-bond acceptors (Lipinski definition) is 4. The van der Waals surface area contributed by atoms with Crippen molar-refractivity contribution in [2.45, 2.75) is 25.4 Å². The number of furan rings is 1. The fourth-order valence-electron chi connectivity index (χ4n) is 3.55. The van der Waals surface area contributed by atoms with Crippen LogP contribution in [-0.4, -0.2) is 33.6 Å². The lowest BCUT2D eigenvalue weighted by Gasteiger charge is -2.32. The van der Waals surface area contributed by atoms with Gasteiger partial charge < -0.3 is 19.6 Å². The van der Waals surface area contributed by atoms with Crippen molar-refractivity contribution in [2.75, 3.05) is 13.1 Å². The molecular weight excluding hydrogens is 367 g/mol. The number of H-pyrrole nitrogens is 1. The number of hydrogen-bond donors (Lipinski definition) is 2. The number of nitrogens with zero attached hydrogens (tertiary/aromatic N) is 2. The van der Waals surface area contributed by atoms with Gasteiger partial charge in [0.05, 0.1) is 23.7 Å². The van der Waals surface area contributed by atoms with Crippen LogP contribution >= 0.6 is 0 Å². The van der Waals surface area contributed by atoms with Crippen LogP contribution in [0.4, 0.5) is 9.18 Å². The van der Waals surface area contributed by atoms with E-state index >= 15 is 0 Å². The summed E-state index contributed by atoms with van der Waals surface area (Å²) in [6.07, 6.45) is 2.45. The van der Waals surface area contributed by atoms with Gasteiger partial charge in [0.15, 0.2) is 0 Å². The maximum atomic E-state index is 13.5. The summed E-state index contributed by atoms with van der Waals surface area (Å²) in [6, 6.07) is 6.65. The van der Waals surface area contributed by atoms with Crippen LogP contribution in [0.5, 0.6) is 0 Å². The Morgan fingerprint density at radius 2 is 2.04 bits per heavy atom. The van der Waals surface area contributed by atoms with Gasteiger partial charge in [-0.2, -0.15) is 0 Å². The Kier molecular flexibility index (Phi) is 4.72. The number of nitrogens with one attached hydrogen (secondary N) is 2. The van der Waals surface area contributed by atoms with E-state index in [4.69, 9.17) is 4.42 Å². The number of piperidine rings is 1. The first-order valence-electron chi connectivity index (χ1n) is 9.02. The third-order valence-corrected chi connectivity index (χ3v) is 5.00. The molecule has 1 aromatic carbocycles. The van der Waals surface area contributed by atoms with E-state index in [1.54, 1.807) is 17.0 Å². The highest BCUT2D eigenvalue weighted by atomic mass is 19.1. The molecule has 146 valence electrons. The molecule has 0 aliphatic carbocycles. The molecule has 1 fully saturated rings. The predicted molar refractivity (Wildman–Crippen MR) is 99.6 cm³/mol. The van der Waals surface area contributed by atoms with E-state index < -0.39 is 17.1 Å². The molecule has 0 atom stereocenters. The summed E-state index contributed by atoms with van der Waals surface area (Å²) in [5.41, 5.74) is -0.730. The molecule has 0 radical (unpaired) electrons. The Bertz CT molecular complexity index is 1110. The highest BCUT2D eigenvalue weighted by molar-refractivity contribution is 5.77. The van der Waals surface area contributed by atoms with Gasteiger partial charge in [0, 0.05) is 19.1 Å². The molecule has 3 aromatic rings. The lowest BCUT2D eigenvalue weighted by Crippen LogP contribution is -2.47. The molecule has 9 heteroatoms. The quantitative estimate of drug-likeness (QED) is 0.719. The zero-order valence-electron chi connectivity index (χ0n) is 15.0. The zero-order chi connectivity index (χ0) is 19.7. The van der Waals surface area contributed by atoms with Gasteiger partial charge in [0.25, 0.3) is 5.56 Å². The standard InChI is InChI=1S/C19H19FN4O4/c20-12-3-4-16-15(10-12)17(25)24(19(27)22-16)13-5-7-23(8-6-13)18(26)21-11-14-2-1-9-28-14/h1-4,9-10,13H,5-8,11H2,(H,21,26)(H,22,27). The van der Waals surface area contributed by atoms with Crippen molar-refractivity contribution in [3.05, 3.63) is 69.0 Å². The molecule has 2 amide bonds. The van der Waals surface area contributed by atoms with Crippen molar-refractivity contribution < 1.29 is 13.6 Å². The van der Waals surface area contributed by atoms with E-state index in [0.29, 0.717) is 43.8 Å². The normalized spacial score (nSPS) is 15.1. The van der Waals surface area contributed by atoms with E-state index in [0.717, 1.165) is 10.6 Å². The average Bonchev–Trinajstić information content (AvgIpc) is 3.21. The average molecular weight is 386 g/mol. The number of carbonyl (C=O) groups excluding carboxylic acids is 1. The van der Waals surface area contributed by atoms with E-state index in [2.05, 4.69) is 10.3 Å². The molecule has 1 aliphatic heterocycles. The minimum absolute atomic E-state index is 0.137. The lowest BCUT2D eigenvalue weighted by molar-refractivity contribution is 0.169. The maximum Gasteiger partial charge on any atom is 0.329 e. The summed E-state index contributed by atoms with van der Waals surface area (Å²) in [5.74, 6) is 0.121. The van der Waals surface area contributed by atoms with Gasteiger partial charge in [-0.15, -0.1) is 0 Å². The first kappa shape index (κ1) is 18.0. The summed E-state index contributed by atoms with van der Waals surface area (Å²) in [4.78, 5) is 41.7. The number of urea groups is 1. The van der Waals surface area contributed by atoms with Crippen LogP contribution in [0.15, 0.2) is 50.6 Å². The number of carbonyl (C=O) groups is 1. The highest BCUT2D eigenvalue weighted by Crippen LogP contribution is 2.20. The number of likely N-dealkylation sites (tertiary alicyclic amines) is 1. The Balaban J connectivity index is 1.47. The number of halogens is 1. The monoisotopic (exact) mass is 386 g/mol. The Hall–Kier alpha value is -3.36. The van der Waals surface area contributed by atoms with Crippen LogP contribution in [0.25, 0.3) is 10.9 Å². The van der Waals surface area contributed by atoms with Crippen LogP contribution in [-0.2, 0) is 6.54 Å². The molecule has 28 heavy (non-hydrogen) atoms. The minimum Gasteiger partial charge on any atom is -0.467 e. The SMILES string of the molecule is O=C(NCc1ccco1)N1CCC(n2c(=O)[nH]c3ccc(F)cc3c2=O)CC1. The molecule has 2 aromatic heterocycles. The molecule has 1 aliphatic rings. The molecule has 0 spiro atoms. The summed E-state index contributed by atoms with van der Waals surface area (Å²) in [7, 11) is 0. The van der Waals surface area contributed by atoms with Crippen LogP contribution in [0.3, 0.4) is 0 Å². The van der Waals surface area contributed by atoms with Crippen LogP contribution < -0.4 is 16.6 Å². The molecular formula is C19H19FN4O4. The Morgan fingerprint density at radius 3 is 2.75 bits per heavy atom. The van der Waals surface area contributed by atoms with Gasteiger partial charge in [0.2, 0.25) is 0 Å². The number of rotatable bonds is 3. The topological polar surface area (TPSA) is 100 Å². The van der Waals surface area contributed by atoms with Crippen molar-refractivity contribution in [3.63, 3.8) is 0 Å². The molecule has 3 heterocycles. The highest BCUT2D eigenvalue weighted by Gasteiger charge is 2.26.